The van der Waals surface area contributed by atoms with E-state index in [0.717, 1.165) is 11.1 Å². The number of hydrogen-bond acceptors (Lipinski definition) is 6. The summed E-state index contributed by atoms with van der Waals surface area (Å²) in [7, 11) is 0. The number of nitrogens with one attached hydrogen (secondary N) is 3. The predicted molar refractivity (Wildman–Crippen MR) is 135 cm³/mol. The van der Waals surface area contributed by atoms with Gasteiger partial charge in [0.05, 0.1) is 35.2 Å². The molecule has 2 heterocycles. The number of nitrogens with zero attached hydrogens (tertiary/aromatic N) is 1. The molecule has 0 saturated carbocycles. The fourth-order valence-corrected chi connectivity index (χ4v) is 4.07. The molecule has 3 amide bonds. The molecule has 8 nitrogen and oxygen atoms in total. The van der Waals surface area contributed by atoms with Crippen LogP contribution in [0.4, 0.5) is 10.8 Å². The number of aromatic nitrogens is 1. The van der Waals surface area contributed by atoms with Crippen LogP contribution in [0.1, 0.15) is 43.3 Å². The van der Waals surface area contributed by atoms with E-state index in [-0.39, 0.29) is 24.1 Å². The molecule has 3 N–H and O–H groups in total. The van der Waals surface area contributed by atoms with Crippen molar-refractivity contribution in [2.24, 2.45) is 0 Å². The first-order valence-electron chi connectivity index (χ1n) is 10.9. The fraction of sp³-hybridized carbons (Fsp3) is 0.154. The third-order valence-corrected chi connectivity index (χ3v) is 6.04. The van der Waals surface area contributed by atoms with Crippen LogP contribution in [0.3, 0.4) is 0 Å². The molecule has 0 spiro atoms. The monoisotopic (exact) mass is 488 g/mol. The highest BCUT2D eigenvalue weighted by molar-refractivity contribution is 7.14. The van der Waals surface area contributed by atoms with E-state index in [0.29, 0.717) is 39.9 Å². The summed E-state index contributed by atoms with van der Waals surface area (Å²) in [5, 5.41) is 10.5. The number of carbonyl (C=O) groups excluding carboxylic acids is 3. The number of para-hydroxylation sites is 1. The Kier molecular flexibility index (Phi) is 7.37. The van der Waals surface area contributed by atoms with Gasteiger partial charge in [-0.05, 0) is 37.6 Å². The Morgan fingerprint density at radius 1 is 0.914 bits per heavy atom. The topological polar surface area (TPSA) is 113 Å². The lowest BCUT2D eigenvalue weighted by atomic mass is 10.1. The van der Waals surface area contributed by atoms with Crippen LogP contribution in [-0.2, 0) is 17.8 Å². The first-order chi connectivity index (χ1) is 16.9. The largest absolute Gasteiger partial charge is 0.469 e. The Morgan fingerprint density at radius 2 is 1.69 bits per heavy atom. The van der Waals surface area contributed by atoms with Gasteiger partial charge in [-0.1, -0.05) is 42.0 Å². The number of aryl methyl sites for hydroxylation is 2. The normalized spacial score (nSPS) is 10.6. The molecular formula is C26H24N4O4S. The van der Waals surface area contributed by atoms with Crippen LogP contribution in [0.25, 0.3) is 0 Å². The number of amides is 3. The number of benzene rings is 2. The predicted octanol–water partition coefficient (Wildman–Crippen LogP) is 4.72. The van der Waals surface area contributed by atoms with Gasteiger partial charge in [0.25, 0.3) is 11.8 Å². The molecule has 35 heavy (non-hydrogen) atoms. The third-order valence-electron chi connectivity index (χ3n) is 5.24. The van der Waals surface area contributed by atoms with Gasteiger partial charge in [-0.15, -0.1) is 11.3 Å². The number of anilines is 2. The molecule has 0 bridgehead atoms. The number of hydrogen-bond donors (Lipinski definition) is 3. The van der Waals surface area contributed by atoms with Gasteiger partial charge in [0.1, 0.15) is 5.76 Å². The summed E-state index contributed by atoms with van der Waals surface area (Å²) >= 11 is 1.22. The number of furan rings is 1. The zero-order valence-corrected chi connectivity index (χ0v) is 20.1. The van der Waals surface area contributed by atoms with Gasteiger partial charge >= 0.3 is 0 Å². The van der Waals surface area contributed by atoms with E-state index in [1.165, 1.54) is 17.6 Å². The van der Waals surface area contributed by atoms with E-state index in [1.54, 1.807) is 42.6 Å². The number of rotatable bonds is 8. The smallest absolute Gasteiger partial charge is 0.260 e. The Bertz CT molecular complexity index is 1360. The zero-order valence-electron chi connectivity index (χ0n) is 19.3. The van der Waals surface area contributed by atoms with Crippen molar-refractivity contribution < 1.29 is 18.8 Å². The SMILES string of the molecule is Cc1ccc(CNC(=O)c2ccccc2NC(=O)Cc2csc(NC(=O)c3ccoc3C)n2)cc1. The molecule has 2 aromatic carbocycles. The summed E-state index contributed by atoms with van der Waals surface area (Å²) in [6.45, 7) is 4.09. The second kappa shape index (κ2) is 10.8. The summed E-state index contributed by atoms with van der Waals surface area (Å²) in [5.41, 5.74) is 3.85. The lowest BCUT2D eigenvalue weighted by Crippen LogP contribution is -2.25. The molecule has 0 saturated heterocycles. The summed E-state index contributed by atoms with van der Waals surface area (Å²) < 4.78 is 5.15. The maximum atomic E-state index is 12.8. The van der Waals surface area contributed by atoms with Crippen LogP contribution in [0.2, 0.25) is 0 Å². The molecule has 4 aromatic rings. The third kappa shape index (κ3) is 6.21. The van der Waals surface area contributed by atoms with E-state index in [2.05, 4.69) is 20.9 Å². The van der Waals surface area contributed by atoms with Gasteiger partial charge in [-0.2, -0.15) is 0 Å². The molecule has 0 aliphatic rings. The van der Waals surface area contributed by atoms with Gasteiger partial charge in [0.2, 0.25) is 5.91 Å². The lowest BCUT2D eigenvalue weighted by Gasteiger charge is -2.11. The molecule has 0 fully saturated rings. The highest BCUT2D eigenvalue weighted by Crippen LogP contribution is 2.20. The van der Waals surface area contributed by atoms with E-state index in [1.807, 2.05) is 31.2 Å². The van der Waals surface area contributed by atoms with E-state index in [9.17, 15) is 14.4 Å². The highest BCUT2D eigenvalue weighted by Gasteiger charge is 2.16. The lowest BCUT2D eigenvalue weighted by molar-refractivity contribution is -0.115. The second-order valence-corrected chi connectivity index (χ2v) is 8.79. The summed E-state index contributed by atoms with van der Waals surface area (Å²) in [5.74, 6) is -0.417. The van der Waals surface area contributed by atoms with Crippen LogP contribution >= 0.6 is 11.3 Å². The van der Waals surface area contributed by atoms with Crippen LogP contribution in [-0.4, -0.2) is 22.7 Å². The van der Waals surface area contributed by atoms with Gasteiger partial charge in [-0.25, -0.2) is 4.98 Å². The van der Waals surface area contributed by atoms with Crippen LogP contribution in [0, 0.1) is 13.8 Å². The van der Waals surface area contributed by atoms with Gasteiger partial charge in [-0.3, -0.25) is 19.7 Å². The first kappa shape index (κ1) is 23.9. The van der Waals surface area contributed by atoms with E-state index < -0.39 is 0 Å². The molecule has 178 valence electrons. The van der Waals surface area contributed by atoms with Gasteiger partial charge in [0, 0.05) is 11.9 Å². The van der Waals surface area contributed by atoms with Crippen molar-refractivity contribution in [3.8, 4) is 0 Å². The highest BCUT2D eigenvalue weighted by atomic mass is 32.1. The molecule has 0 aliphatic heterocycles. The quantitative estimate of drug-likeness (QED) is 0.332. The minimum atomic E-state index is -0.327. The van der Waals surface area contributed by atoms with Gasteiger partial charge in [0.15, 0.2) is 5.13 Å². The molecule has 2 aromatic heterocycles. The molecule has 0 radical (unpaired) electrons. The maximum absolute atomic E-state index is 12.8. The Morgan fingerprint density at radius 3 is 2.43 bits per heavy atom. The Labute approximate surface area is 206 Å². The van der Waals surface area contributed by atoms with Crippen LogP contribution in [0.5, 0.6) is 0 Å². The van der Waals surface area contributed by atoms with Crippen LogP contribution in [0.15, 0.2) is 70.7 Å². The van der Waals surface area contributed by atoms with E-state index >= 15 is 0 Å². The first-order valence-corrected chi connectivity index (χ1v) is 11.8. The number of carbonyl (C=O) groups is 3. The summed E-state index contributed by atoms with van der Waals surface area (Å²) in [6.07, 6.45) is 1.44. The molecule has 9 heteroatoms. The molecular weight excluding hydrogens is 464 g/mol. The van der Waals surface area contributed by atoms with Crippen molar-refractivity contribution >= 4 is 39.9 Å². The fourth-order valence-electron chi connectivity index (χ4n) is 3.36. The second-order valence-electron chi connectivity index (χ2n) is 7.93. The molecule has 0 unspecified atom stereocenters. The Hall–Kier alpha value is -4.24. The summed E-state index contributed by atoms with van der Waals surface area (Å²) in [6, 6.07) is 16.3. The zero-order chi connectivity index (χ0) is 24.8. The number of thiazole rings is 1. The van der Waals surface area contributed by atoms with Crippen molar-refractivity contribution in [1.82, 2.24) is 10.3 Å². The van der Waals surface area contributed by atoms with E-state index in [4.69, 9.17) is 4.42 Å². The summed E-state index contributed by atoms with van der Waals surface area (Å²) in [4.78, 5) is 42.0. The van der Waals surface area contributed by atoms with Crippen molar-refractivity contribution in [3.63, 3.8) is 0 Å². The van der Waals surface area contributed by atoms with Crippen molar-refractivity contribution in [2.45, 2.75) is 26.8 Å². The standard InChI is InChI=1S/C26H24N4O4S/c1-16-7-9-18(10-8-16)14-27-24(32)21-5-3-4-6-22(21)29-23(31)13-19-15-35-26(28-19)30-25(33)20-11-12-34-17(20)2/h3-12,15H,13-14H2,1-2H3,(H,27,32)(H,29,31)(H,28,30,33). The van der Waals surface area contributed by atoms with Crippen LogP contribution < -0.4 is 16.0 Å². The maximum Gasteiger partial charge on any atom is 0.260 e. The van der Waals surface area contributed by atoms with Crippen molar-refractivity contribution in [2.75, 3.05) is 10.6 Å². The Balaban J connectivity index is 1.35. The molecule has 0 aliphatic carbocycles. The minimum absolute atomic E-state index is 0.00354. The van der Waals surface area contributed by atoms with Gasteiger partial charge < -0.3 is 15.1 Å². The van der Waals surface area contributed by atoms with Crippen molar-refractivity contribution in [3.05, 3.63) is 99.9 Å². The average Bonchev–Trinajstić information content (AvgIpc) is 3.47. The molecule has 0 atom stereocenters. The average molecular weight is 489 g/mol. The minimum Gasteiger partial charge on any atom is -0.469 e. The molecule has 4 rings (SSSR count). The van der Waals surface area contributed by atoms with Crippen molar-refractivity contribution in [1.29, 1.82) is 0 Å².